The first-order valence-corrected chi connectivity index (χ1v) is 9.97. The summed E-state index contributed by atoms with van der Waals surface area (Å²) in [4.78, 5) is 36.7. The van der Waals surface area contributed by atoms with Gasteiger partial charge >= 0.3 is 0 Å². The standard InChI is InChI=1S/C22H26ClN3O4/c1-14(2)11-19(26-21(28)15-7-9-16(23)10-8-15)22(29)25-17-5-4-6-18(12-17)30-13-20(27)24-3/h4-10,12,14,19H,11,13H2,1-3H3,(H,24,27)(H,25,29)(H,26,28). The van der Waals surface area contributed by atoms with E-state index in [-0.39, 0.29) is 30.2 Å². The van der Waals surface area contributed by atoms with Crippen molar-refractivity contribution in [2.45, 2.75) is 26.3 Å². The summed E-state index contributed by atoms with van der Waals surface area (Å²) in [5.41, 5.74) is 0.925. The Morgan fingerprint density at radius 2 is 1.77 bits per heavy atom. The van der Waals surface area contributed by atoms with Crippen LogP contribution in [0.15, 0.2) is 48.5 Å². The summed E-state index contributed by atoms with van der Waals surface area (Å²) in [6, 6.07) is 12.5. The van der Waals surface area contributed by atoms with Crippen LogP contribution in [0.4, 0.5) is 5.69 Å². The zero-order valence-electron chi connectivity index (χ0n) is 17.2. The molecule has 0 heterocycles. The van der Waals surface area contributed by atoms with Crippen LogP contribution in [-0.2, 0) is 9.59 Å². The fourth-order valence-corrected chi connectivity index (χ4v) is 2.79. The number of amides is 3. The summed E-state index contributed by atoms with van der Waals surface area (Å²) in [6.07, 6.45) is 0.470. The highest BCUT2D eigenvalue weighted by molar-refractivity contribution is 6.30. The largest absolute Gasteiger partial charge is 0.484 e. The Labute approximate surface area is 181 Å². The highest BCUT2D eigenvalue weighted by Gasteiger charge is 2.23. The van der Waals surface area contributed by atoms with Gasteiger partial charge in [0.05, 0.1) is 0 Å². The second kappa shape index (κ2) is 11.2. The molecular weight excluding hydrogens is 406 g/mol. The van der Waals surface area contributed by atoms with Crippen LogP contribution in [0.3, 0.4) is 0 Å². The van der Waals surface area contributed by atoms with E-state index in [0.29, 0.717) is 28.4 Å². The predicted octanol–water partition coefficient (Wildman–Crippen LogP) is 3.25. The summed E-state index contributed by atoms with van der Waals surface area (Å²) in [5.74, 6) is -0.313. The number of likely N-dealkylation sites (N-methyl/N-ethyl adjacent to an activating group) is 1. The van der Waals surface area contributed by atoms with E-state index in [9.17, 15) is 14.4 Å². The number of rotatable bonds is 9. The number of hydrogen-bond acceptors (Lipinski definition) is 4. The Bertz CT molecular complexity index is 884. The number of ether oxygens (including phenoxy) is 1. The lowest BCUT2D eigenvalue weighted by molar-refractivity contribution is -0.122. The Balaban J connectivity index is 2.06. The predicted molar refractivity (Wildman–Crippen MR) is 117 cm³/mol. The van der Waals surface area contributed by atoms with Gasteiger partial charge in [-0.05, 0) is 48.7 Å². The van der Waals surface area contributed by atoms with Crippen LogP contribution in [0.5, 0.6) is 5.75 Å². The molecule has 0 saturated heterocycles. The number of carbonyl (C=O) groups excluding carboxylic acids is 3. The fraction of sp³-hybridized carbons (Fsp3) is 0.318. The van der Waals surface area contributed by atoms with Gasteiger partial charge in [-0.1, -0.05) is 31.5 Å². The number of nitrogens with one attached hydrogen (secondary N) is 3. The van der Waals surface area contributed by atoms with Gasteiger partial charge in [-0.3, -0.25) is 14.4 Å². The van der Waals surface area contributed by atoms with E-state index >= 15 is 0 Å². The van der Waals surface area contributed by atoms with E-state index in [1.165, 1.54) is 7.05 Å². The number of hydrogen-bond donors (Lipinski definition) is 3. The Morgan fingerprint density at radius 1 is 1.07 bits per heavy atom. The molecule has 2 aromatic carbocycles. The number of halogens is 1. The first kappa shape index (κ1) is 23.2. The van der Waals surface area contributed by atoms with Crippen LogP contribution in [-0.4, -0.2) is 37.4 Å². The molecule has 0 aromatic heterocycles. The van der Waals surface area contributed by atoms with E-state index < -0.39 is 6.04 Å². The molecule has 0 bridgehead atoms. The molecule has 0 saturated carbocycles. The molecule has 30 heavy (non-hydrogen) atoms. The van der Waals surface area contributed by atoms with Crippen LogP contribution >= 0.6 is 11.6 Å². The van der Waals surface area contributed by atoms with E-state index in [4.69, 9.17) is 16.3 Å². The van der Waals surface area contributed by atoms with Crippen LogP contribution < -0.4 is 20.7 Å². The van der Waals surface area contributed by atoms with Crippen molar-refractivity contribution in [2.75, 3.05) is 19.0 Å². The first-order chi connectivity index (χ1) is 14.3. The van der Waals surface area contributed by atoms with Gasteiger partial charge in [0, 0.05) is 29.4 Å². The summed E-state index contributed by atoms with van der Waals surface area (Å²) in [7, 11) is 1.52. The van der Waals surface area contributed by atoms with Crippen molar-refractivity contribution in [3.8, 4) is 5.75 Å². The van der Waals surface area contributed by atoms with Gasteiger partial charge in [0.15, 0.2) is 6.61 Å². The van der Waals surface area contributed by atoms with Crippen LogP contribution in [0.2, 0.25) is 5.02 Å². The molecule has 2 rings (SSSR count). The molecule has 2 aromatic rings. The summed E-state index contributed by atoms with van der Waals surface area (Å²) in [5, 5.41) is 8.59. The average Bonchev–Trinajstić information content (AvgIpc) is 2.71. The van der Waals surface area contributed by atoms with Gasteiger partial charge in [-0.2, -0.15) is 0 Å². The summed E-state index contributed by atoms with van der Waals surface area (Å²) in [6.45, 7) is 3.82. The Hall–Kier alpha value is -3.06. The summed E-state index contributed by atoms with van der Waals surface area (Å²) >= 11 is 5.86. The second-order valence-corrected chi connectivity index (χ2v) is 7.58. The van der Waals surface area contributed by atoms with Crippen molar-refractivity contribution in [1.82, 2.24) is 10.6 Å². The number of carbonyl (C=O) groups is 3. The zero-order chi connectivity index (χ0) is 22.1. The highest BCUT2D eigenvalue weighted by Crippen LogP contribution is 2.18. The molecule has 3 amide bonds. The van der Waals surface area contributed by atoms with Crippen molar-refractivity contribution < 1.29 is 19.1 Å². The van der Waals surface area contributed by atoms with Crippen LogP contribution in [0.1, 0.15) is 30.6 Å². The molecule has 0 fully saturated rings. The molecule has 160 valence electrons. The lowest BCUT2D eigenvalue weighted by Gasteiger charge is -2.20. The number of benzene rings is 2. The molecule has 0 spiro atoms. The van der Waals surface area contributed by atoms with Gasteiger partial charge in [-0.15, -0.1) is 0 Å². The molecule has 8 heteroatoms. The van der Waals surface area contributed by atoms with Crippen molar-refractivity contribution >= 4 is 35.0 Å². The normalized spacial score (nSPS) is 11.5. The molecule has 1 atom stereocenters. The van der Waals surface area contributed by atoms with Crippen molar-refractivity contribution in [3.63, 3.8) is 0 Å². The SMILES string of the molecule is CNC(=O)COc1cccc(NC(=O)C(CC(C)C)NC(=O)c2ccc(Cl)cc2)c1. The van der Waals surface area contributed by atoms with Crippen LogP contribution in [0, 0.1) is 5.92 Å². The molecule has 0 aliphatic rings. The third-order valence-electron chi connectivity index (χ3n) is 4.19. The zero-order valence-corrected chi connectivity index (χ0v) is 18.0. The van der Waals surface area contributed by atoms with E-state index in [0.717, 1.165) is 0 Å². The fourth-order valence-electron chi connectivity index (χ4n) is 2.66. The Kier molecular flexibility index (Phi) is 8.68. The topological polar surface area (TPSA) is 96.5 Å². The molecular formula is C22H26ClN3O4. The quantitative estimate of drug-likeness (QED) is 0.567. The minimum atomic E-state index is -0.719. The maximum atomic E-state index is 12.8. The lowest BCUT2D eigenvalue weighted by Crippen LogP contribution is -2.44. The van der Waals surface area contributed by atoms with Gasteiger partial charge in [-0.25, -0.2) is 0 Å². The van der Waals surface area contributed by atoms with Gasteiger partial charge in [0.2, 0.25) is 5.91 Å². The van der Waals surface area contributed by atoms with Gasteiger partial charge in [0.25, 0.3) is 11.8 Å². The number of anilines is 1. The lowest BCUT2D eigenvalue weighted by atomic mass is 10.0. The highest BCUT2D eigenvalue weighted by atomic mass is 35.5. The van der Waals surface area contributed by atoms with Gasteiger partial charge in [0.1, 0.15) is 11.8 Å². The molecule has 0 aliphatic heterocycles. The molecule has 0 aliphatic carbocycles. The van der Waals surface area contributed by atoms with Crippen molar-refractivity contribution in [3.05, 3.63) is 59.1 Å². The van der Waals surface area contributed by atoms with Crippen molar-refractivity contribution in [1.29, 1.82) is 0 Å². The second-order valence-electron chi connectivity index (χ2n) is 7.14. The van der Waals surface area contributed by atoms with Gasteiger partial charge < -0.3 is 20.7 Å². The maximum Gasteiger partial charge on any atom is 0.257 e. The van der Waals surface area contributed by atoms with Crippen molar-refractivity contribution in [2.24, 2.45) is 5.92 Å². The monoisotopic (exact) mass is 431 g/mol. The van der Waals surface area contributed by atoms with E-state index in [2.05, 4.69) is 16.0 Å². The molecule has 0 radical (unpaired) electrons. The van der Waals surface area contributed by atoms with E-state index in [1.807, 2.05) is 13.8 Å². The third kappa shape index (κ3) is 7.40. The maximum absolute atomic E-state index is 12.8. The third-order valence-corrected chi connectivity index (χ3v) is 4.44. The minimum Gasteiger partial charge on any atom is -0.484 e. The summed E-state index contributed by atoms with van der Waals surface area (Å²) < 4.78 is 5.39. The molecule has 3 N–H and O–H groups in total. The molecule has 1 unspecified atom stereocenters. The van der Waals surface area contributed by atoms with E-state index in [1.54, 1.807) is 48.5 Å². The molecule has 7 nitrogen and oxygen atoms in total. The minimum absolute atomic E-state index is 0.124. The smallest absolute Gasteiger partial charge is 0.257 e. The Morgan fingerprint density at radius 3 is 2.40 bits per heavy atom. The first-order valence-electron chi connectivity index (χ1n) is 9.59. The average molecular weight is 432 g/mol. The van der Waals surface area contributed by atoms with Crippen LogP contribution in [0.25, 0.3) is 0 Å².